The summed E-state index contributed by atoms with van der Waals surface area (Å²) < 4.78 is 11.3. The third-order valence-corrected chi connectivity index (χ3v) is 4.20. The zero-order valence-corrected chi connectivity index (χ0v) is 16.0. The van der Waals surface area contributed by atoms with Crippen LogP contribution < -0.4 is 20.5 Å². The summed E-state index contributed by atoms with van der Waals surface area (Å²) in [5, 5.41) is 2.78. The Hall–Kier alpha value is -3.80. The molecule has 0 aliphatic carbocycles. The van der Waals surface area contributed by atoms with Crippen LogP contribution in [0.5, 0.6) is 11.5 Å². The first-order valence-electron chi connectivity index (χ1n) is 9.16. The minimum absolute atomic E-state index is 0.229. The molecular weight excluding hydrogens is 368 g/mol. The molecule has 0 radical (unpaired) electrons. The summed E-state index contributed by atoms with van der Waals surface area (Å²) in [4.78, 5) is 23.9. The van der Waals surface area contributed by atoms with Gasteiger partial charge in [0.1, 0.15) is 18.1 Å². The molecule has 3 N–H and O–H groups in total. The lowest BCUT2D eigenvalue weighted by Crippen LogP contribution is -2.30. The molecule has 0 saturated heterocycles. The van der Waals surface area contributed by atoms with Gasteiger partial charge in [0.25, 0.3) is 11.8 Å². The van der Waals surface area contributed by atoms with E-state index < -0.39 is 12.0 Å². The molecule has 3 aromatic carbocycles. The van der Waals surface area contributed by atoms with Crippen molar-refractivity contribution in [3.8, 4) is 11.5 Å². The van der Waals surface area contributed by atoms with Crippen LogP contribution in [0.15, 0.2) is 78.9 Å². The SMILES string of the molecule is CC(Oc1ccccc1C(N)=O)C(=O)Nc1ccc(OCc2ccccc2)cc1. The zero-order valence-electron chi connectivity index (χ0n) is 16.0. The molecule has 0 spiro atoms. The van der Waals surface area contributed by atoms with Crippen LogP contribution in [0.2, 0.25) is 0 Å². The molecule has 0 aliphatic heterocycles. The lowest BCUT2D eigenvalue weighted by Gasteiger charge is -2.16. The number of benzene rings is 3. The van der Waals surface area contributed by atoms with E-state index in [1.165, 1.54) is 0 Å². The number of carbonyl (C=O) groups excluding carboxylic acids is 2. The van der Waals surface area contributed by atoms with Crippen molar-refractivity contribution in [2.75, 3.05) is 5.32 Å². The molecule has 0 aromatic heterocycles. The van der Waals surface area contributed by atoms with Gasteiger partial charge in [-0.1, -0.05) is 42.5 Å². The van der Waals surface area contributed by atoms with E-state index in [-0.39, 0.29) is 17.2 Å². The predicted molar refractivity (Wildman–Crippen MR) is 111 cm³/mol. The predicted octanol–water partition coefficient (Wildman–Crippen LogP) is 3.77. The number of amides is 2. The first-order valence-corrected chi connectivity index (χ1v) is 9.16. The maximum atomic E-state index is 12.4. The first kappa shape index (κ1) is 19.9. The standard InChI is InChI=1S/C23H22N2O4/c1-16(29-21-10-6-5-9-20(21)22(24)26)23(27)25-18-11-13-19(14-12-18)28-15-17-7-3-2-4-8-17/h2-14,16H,15H2,1H3,(H2,24,26)(H,25,27). The summed E-state index contributed by atoms with van der Waals surface area (Å²) in [6.07, 6.45) is -0.815. The fourth-order valence-corrected chi connectivity index (χ4v) is 2.64. The quantitative estimate of drug-likeness (QED) is 0.613. The molecule has 0 saturated carbocycles. The molecule has 0 bridgehead atoms. The number of hydrogen-bond acceptors (Lipinski definition) is 4. The monoisotopic (exact) mass is 390 g/mol. The third-order valence-electron chi connectivity index (χ3n) is 4.20. The number of nitrogens with one attached hydrogen (secondary N) is 1. The first-order chi connectivity index (χ1) is 14.0. The zero-order chi connectivity index (χ0) is 20.6. The molecule has 148 valence electrons. The van der Waals surface area contributed by atoms with E-state index in [0.717, 1.165) is 5.56 Å². The second kappa shape index (κ2) is 9.41. The fraction of sp³-hybridized carbons (Fsp3) is 0.130. The molecule has 1 unspecified atom stereocenters. The summed E-state index contributed by atoms with van der Waals surface area (Å²) in [6.45, 7) is 2.07. The van der Waals surface area contributed by atoms with Crippen molar-refractivity contribution in [2.45, 2.75) is 19.6 Å². The number of rotatable bonds is 8. The van der Waals surface area contributed by atoms with Crippen LogP contribution in [-0.4, -0.2) is 17.9 Å². The van der Waals surface area contributed by atoms with Crippen LogP contribution in [0.25, 0.3) is 0 Å². The van der Waals surface area contributed by atoms with E-state index in [0.29, 0.717) is 18.0 Å². The smallest absolute Gasteiger partial charge is 0.265 e. The van der Waals surface area contributed by atoms with Gasteiger partial charge in [0.2, 0.25) is 0 Å². The molecule has 29 heavy (non-hydrogen) atoms. The topological polar surface area (TPSA) is 90.7 Å². The average Bonchev–Trinajstić information content (AvgIpc) is 2.74. The molecule has 3 aromatic rings. The summed E-state index contributed by atoms with van der Waals surface area (Å²) in [7, 11) is 0. The molecule has 0 aliphatic rings. The van der Waals surface area contributed by atoms with E-state index in [1.807, 2.05) is 30.3 Å². The number of ether oxygens (including phenoxy) is 2. The number of hydrogen-bond donors (Lipinski definition) is 2. The lowest BCUT2D eigenvalue weighted by atomic mass is 10.2. The van der Waals surface area contributed by atoms with Gasteiger partial charge in [-0.25, -0.2) is 0 Å². The van der Waals surface area contributed by atoms with Crippen LogP contribution in [0, 0.1) is 0 Å². The Morgan fingerprint density at radius 2 is 1.59 bits per heavy atom. The van der Waals surface area contributed by atoms with Gasteiger partial charge >= 0.3 is 0 Å². The van der Waals surface area contributed by atoms with E-state index >= 15 is 0 Å². The van der Waals surface area contributed by atoms with Crippen LogP contribution >= 0.6 is 0 Å². The van der Waals surface area contributed by atoms with Gasteiger partial charge in [0, 0.05) is 5.69 Å². The van der Waals surface area contributed by atoms with Crippen molar-refractivity contribution in [3.63, 3.8) is 0 Å². The van der Waals surface area contributed by atoms with Crippen molar-refractivity contribution in [2.24, 2.45) is 5.73 Å². The van der Waals surface area contributed by atoms with Gasteiger partial charge in [-0.3, -0.25) is 9.59 Å². The van der Waals surface area contributed by atoms with Gasteiger partial charge in [0.05, 0.1) is 5.56 Å². The summed E-state index contributed by atoms with van der Waals surface area (Å²) in [5.41, 5.74) is 7.25. The molecular formula is C23H22N2O4. The highest BCUT2D eigenvalue weighted by atomic mass is 16.5. The highest BCUT2D eigenvalue weighted by Crippen LogP contribution is 2.20. The second-order valence-corrected chi connectivity index (χ2v) is 6.41. The van der Waals surface area contributed by atoms with Crippen LogP contribution in [0.3, 0.4) is 0 Å². The van der Waals surface area contributed by atoms with Crippen molar-refractivity contribution in [1.82, 2.24) is 0 Å². The Balaban J connectivity index is 1.55. The van der Waals surface area contributed by atoms with Gasteiger partial charge in [0.15, 0.2) is 6.10 Å². The van der Waals surface area contributed by atoms with E-state index in [1.54, 1.807) is 55.5 Å². The Bertz CT molecular complexity index is 972. The van der Waals surface area contributed by atoms with Crippen molar-refractivity contribution in [3.05, 3.63) is 90.0 Å². The molecule has 2 amide bonds. The highest BCUT2D eigenvalue weighted by Gasteiger charge is 2.18. The minimum Gasteiger partial charge on any atom is -0.489 e. The van der Waals surface area contributed by atoms with E-state index in [2.05, 4.69) is 5.32 Å². The Labute approximate surface area is 169 Å². The lowest BCUT2D eigenvalue weighted by molar-refractivity contribution is -0.122. The van der Waals surface area contributed by atoms with Gasteiger partial charge in [-0.2, -0.15) is 0 Å². The van der Waals surface area contributed by atoms with Crippen LogP contribution in [-0.2, 0) is 11.4 Å². The van der Waals surface area contributed by atoms with Crippen molar-refractivity contribution >= 4 is 17.5 Å². The second-order valence-electron chi connectivity index (χ2n) is 6.41. The molecule has 6 heteroatoms. The average molecular weight is 390 g/mol. The maximum Gasteiger partial charge on any atom is 0.265 e. The van der Waals surface area contributed by atoms with Crippen LogP contribution in [0.4, 0.5) is 5.69 Å². The molecule has 1 atom stereocenters. The normalized spacial score (nSPS) is 11.3. The van der Waals surface area contributed by atoms with Crippen molar-refractivity contribution < 1.29 is 19.1 Å². The Morgan fingerprint density at radius 3 is 2.28 bits per heavy atom. The van der Waals surface area contributed by atoms with E-state index in [4.69, 9.17) is 15.2 Å². The van der Waals surface area contributed by atoms with E-state index in [9.17, 15) is 9.59 Å². The number of anilines is 1. The third kappa shape index (κ3) is 5.59. The van der Waals surface area contributed by atoms with Gasteiger partial charge in [-0.05, 0) is 48.9 Å². The fourth-order valence-electron chi connectivity index (χ4n) is 2.64. The highest BCUT2D eigenvalue weighted by molar-refractivity contribution is 5.96. The van der Waals surface area contributed by atoms with Crippen LogP contribution in [0.1, 0.15) is 22.8 Å². The number of carbonyl (C=O) groups is 2. The summed E-state index contributed by atoms with van der Waals surface area (Å²) in [5.74, 6) is 0.0142. The number of para-hydroxylation sites is 1. The maximum absolute atomic E-state index is 12.4. The Kier molecular flexibility index (Phi) is 6.47. The molecule has 0 heterocycles. The van der Waals surface area contributed by atoms with Gasteiger partial charge < -0.3 is 20.5 Å². The number of nitrogens with two attached hydrogens (primary N) is 1. The summed E-state index contributed by atoms with van der Waals surface area (Å²) in [6, 6.07) is 23.5. The summed E-state index contributed by atoms with van der Waals surface area (Å²) >= 11 is 0. The minimum atomic E-state index is -0.815. The molecule has 6 nitrogen and oxygen atoms in total. The molecule has 0 fully saturated rings. The van der Waals surface area contributed by atoms with Crippen molar-refractivity contribution in [1.29, 1.82) is 0 Å². The molecule has 3 rings (SSSR count). The Morgan fingerprint density at radius 1 is 0.931 bits per heavy atom. The van der Waals surface area contributed by atoms with Gasteiger partial charge in [-0.15, -0.1) is 0 Å². The largest absolute Gasteiger partial charge is 0.489 e. The number of primary amides is 1.